The lowest BCUT2D eigenvalue weighted by Gasteiger charge is -2.23. The van der Waals surface area contributed by atoms with Gasteiger partial charge in [0, 0.05) is 18.4 Å². The zero-order valence-corrected chi connectivity index (χ0v) is 11.1. The summed E-state index contributed by atoms with van der Waals surface area (Å²) < 4.78 is 22.6. The largest absolute Gasteiger partial charge is 0.349 e. The zero-order chi connectivity index (χ0) is 13.9. The van der Waals surface area contributed by atoms with Gasteiger partial charge in [-0.2, -0.15) is 0 Å². The Morgan fingerprint density at radius 1 is 1.37 bits per heavy atom. The van der Waals surface area contributed by atoms with Crippen molar-refractivity contribution in [3.63, 3.8) is 0 Å². The number of anilines is 1. The molecule has 19 heavy (non-hydrogen) atoms. The lowest BCUT2D eigenvalue weighted by molar-refractivity contribution is 0.0934. The van der Waals surface area contributed by atoms with Crippen LogP contribution in [-0.2, 0) is 9.84 Å². The highest BCUT2D eigenvalue weighted by Gasteiger charge is 2.25. The predicted molar refractivity (Wildman–Crippen MR) is 71.2 cm³/mol. The Kier molecular flexibility index (Phi) is 4.01. The first-order valence-electron chi connectivity index (χ1n) is 5.94. The van der Waals surface area contributed by atoms with E-state index in [1.165, 1.54) is 12.4 Å². The SMILES string of the molecule is NNc1ccncc1C(=O)NC1CCS(=O)(=O)CC1. The molecule has 2 heterocycles. The third kappa shape index (κ3) is 3.42. The number of amides is 1. The second-order valence-corrected chi connectivity index (χ2v) is 6.77. The molecule has 0 bridgehead atoms. The average molecular weight is 284 g/mol. The molecule has 0 radical (unpaired) electrons. The monoisotopic (exact) mass is 284 g/mol. The number of carbonyl (C=O) groups is 1. The second kappa shape index (κ2) is 5.54. The summed E-state index contributed by atoms with van der Waals surface area (Å²) in [7, 11) is -2.92. The van der Waals surface area contributed by atoms with E-state index in [2.05, 4.69) is 15.7 Å². The molecular formula is C11H16N4O3S. The lowest BCUT2D eigenvalue weighted by atomic mass is 10.1. The van der Waals surface area contributed by atoms with Crippen LogP contribution in [0.15, 0.2) is 18.5 Å². The summed E-state index contributed by atoms with van der Waals surface area (Å²) in [5.74, 6) is 5.26. The lowest BCUT2D eigenvalue weighted by Crippen LogP contribution is -2.41. The summed E-state index contributed by atoms with van der Waals surface area (Å²) in [6, 6.07) is 1.47. The molecule has 2 rings (SSSR count). The van der Waals surface area contributed by atoms with Crippen molar-refractivity contribution in [1.29, 1.82) is 0 Å². The molecule has 1 aliphatic rings. The van der Waals surface area contributed by atoms with Crippen LogP contribution < -0.4 is 16.6 Å². The number of nitrogen functional groups attached to an aromatic ring is 1. The minimum Gasteiger partial charge on any atom is -0.349 e. The van der Waals surface area contributed by atoms with Crippen molar-refractivity contribution in [2.75, 3.05) is 16.9 Å². The fourth-order valence-electron chi connectivity index (χ4n) is 2.00. The van der Waals surface area contributed by atoms with Gasteiger partial charge < -0.3 is 10.7 Å². The van der Waals surface area contributed by atoms with Crippen LogP contribution >= 0.6 is 0 Å². The summed E-state index contributed by atoms with van der Waals surface area (Å²) in [6.07, 6.45) is 3.84. The summed E-state index contributed by atoms with van der Waals surface area (Å²) in [4.78, 5) is 15.9. The number of nitrogens with one attached hydrogen (secondary N) is 2. The normalized spacial score (nSPS) is 18.8. The van der Waals surface area contributed by atoms with Crippen LogP contribution in [0.4, 0.5) is 5.69 Å². The minimum atomic E-state index is -2.92. The molecule has 1 saturated heterocycles. The Bertz CT molecular complexity index is 559. The molecule has 0 atom stereocenters. The molecule has 1 fully saturated rings. The number of rotatable bonds is 3. The van der Waals surface area contributed by atoms with Crippen LogP contribution in [-0.4, -0.2) is 36.9 Å². The number of pyridine rings is 1. The van der Waals surface area contributed by atoms with Crippen LogP contribution in [0.1, 0.15) is 23.2 Å². The van der Waals surface area contributed by atoms with E-state index in [0.717, 1.165) is 0 Å². The zero-order valence-electron chi connectivity index (χ0n) is 10.3. The predicted octanol–water partition coefficient (Wildman–Crippen LogP) is -0.326. The molecule has 104 valence electrons. The number of hydrogen-bond acceptors (Lipinski definition) is 6. The van der Waals surface area contributed by atoms with Gasteiger partial charge in [-0.3, -0.25) is 15.6 Å². The standard InChI is InChI=1S/C11H16N4O3S/c12-15-10-1-4-13-7-9(10)11(16)14-8-2-5-19(17,18)6-3-8/h1,4,7-8H,2-3,5-6,12H2,(H,13,15)(H,14,16). The molecule has 0 unspecified atom stereocenters. The summed E-state index contributed by atoms with van der Waals surface area (Å²) in [5, 5.41) is 2.81. The van der Waals surface area contributed by atoms with Crippen molar-refractivity contribution in [3.8, 4) is 0 Å². The molecule has 0 aliphatic carbocycles. The van der Waals surface area contributed by atoms with Crippen molar-refractivity contribution in [1.82, 2.24) is 10.3 Å². The Morgan fingerprint density at radius 3 is 2.68 bits per heavy atom. The van der Waals surface area contributed by atoms with Crippen LogP contribution in [0, 0.1) is 0 Å². The number of nitrogens with two attached hydrogens (primary N) is 1. The van der Waals surface area contributed by atoms with E-state index >= 15 is 0 Å². The highest BCUT2D eigenvalue weighted by Crippen LogP contribution is 2.15. The van der Waals surface area contributed by atoms with Gasteiger partial charge in [0.2, 0.25) is 0 Å². The Hall–Kier alpha value is -1.67. The Balaban J connectivity index is 2.02. The van der Waals surface area contributed by atoms with Gasteiger partial charge >= 0.3 is 0 Å². The van der Waals surface area contributed by atoms with Gasteiger partial charge in [0.25, 0.3) is 5.91 Å². The highest BCUT2D eigenvalue weighted by atomic mass is 32.2. The molecule has 7 nitrogen and oxygen atoms in total. The van der Waals surface area contributed by atoms with Crippen LogP contribution in [0.2, 0.25) is 0 Å². The summed E-state index contributed by atoms with van der Waals surface area (Å²) in [5.41, 5.74) is 3.26. The highest BCUT2D eigenvalue weighted by molar-refractivity contribution is 7.91. The van der Waals surface area contributed by atoms with Crippen molar-refractivity contribution in [3.05, 3.63) is 24.0 Å². The molecule has 1 aliphatic heterocycles. The van der Waals surface area contributed by atoms with Gasteiger partial charge in [-0.15, -0.1) is 0 Å². The topological polar surface area (TPSA) is 114 Å². The van der Waals surface area contributed by atoms with Crippen LogP contribution in [0.25, 0.3) is 0 Å². The molecule has 4 N–H and O–H groups in total. The fraction of sp³-hybridized carbons (Fsp3) is 0.455. The van der Waals surface area contributed by atoms with Gasteiger partial charge in [-0.05, 0) is 18.9 Å². The molecule has 1 amide bonds. The first kappa shape index (κ1) is 13.8. The molecule has 0 spiro atoms. The number of hydrogen-bond donors (Lipinski definition) is 3. The number of hydrazine groups is 1. The number of sulfone groups is 1. The molecule has 1 aromatic heterocycles. The van der Waals surface area contributed by atoms with Gasteiger partial charge in [0.1, 0.15) is 9.84 Å². The van der Waals surface area contributed by atoms with Crippen LogP contribution in [0.3, 0.4) is 0 Å². The van der Waals surface area contributed by atoms with E-state index in [1.807, 2.05) is 0 Å². The molecule has 0 saturated carbocycles. The fourth-order valence-corrected chi connectivity index (χ4v) is 3.49. The Morgan fingerprint density at radius 2 is 2.05 bits per heavy atom. The van der Waals surface area contributed by atoms with E-state index in [0.29, 0.717) is 24.1 Å². The van der Waals surface area contributed by atoms with E-state index in [4.69, 9.17) is 5.84 Å². The maximum absolute atomic E-state index is 12.1. The average Bonchev–Trinajstić information content (AvgIpc) is 2.41. The van der Waals surface area contributed by atoms with E-state index in [9.17, 15) is 13.2 Å². The quantitative estimate of drug-likeness (QED) is 0.517. The smallest absolute Gasteiger partial charge is 0.255 e. The van der Waals surface area contributed by atoms with Crippen molar-refractivity contribution in [2.24, 2.45) is 5.84 Å². The minimum absolute atomic E-state index is 0.118. The third-order valence-corrected chi connectivity index (χ3v) is 4.83. The first-order valence-corrected chi connectivity index (χ1v) is 7.76. The molecule has 0 aromatic carbocycles. The van der Waals surface area contributed by atoms with E-state index in [1.54, 1.807) is 6.07 Å². The number of carbonyl (C=O) groups excluding carboxylic acids is 1. The first-order chi connectivity index (χ1) is 9.02. The Labute approximate surface area is 111 Å². The summed E-state index contributed by atoms with van der Waals surface area (Å²) in [6.45, 7) is 0. The van der Waals surface area contributed by atoms with E-state index in [-0.39, 0.29) is 23.5 Å². The molecular weight excluding hydrogens is 268 g/mol. The maximum atomic E-state index is 12.1. The number of aromatic nitrogens is 1. The number of nitrogens with zero attached hydrogens (tertiary/aromatic N) is 1. The second-order valence-electron chi connectivity index (χ2n) is 4.47. The maximum Gasteiger partial charge on any atom is 0.255 e. The van der Waals surface area contributed by atoms with E-state index < -0.39 is 9.84 Å². The van der Waals surface area contributed by atoms with Gasteiger partial charge in [0.05, 0.1) is 22.8 Å². The summed E-state index contributed by atoms with van der Waals surface area (Å²) >= 11 is 0. The van der Waals surface area contributed by atoms with Crippen molar-refractivity contribution in [2.45, 2.75) is 18.9 Å². The van der Waals surface area contributed by atoms with Crippen molar-refractivity contribution >= 4 is 21.4 Å². The van der Waals surface area contributed by atoms with Crippen molar-refractivity contribution < 1.29 is 13.2 Å². The van der Waals surface area contributed by atoms with Gasteiger partial charge in [-0.1, -0.05) is 0 Å². The molecule has 1 aromatic rings. The van der Waals surface area contributed by atoms with Gasteiger partial charge in [-0.25, -0.2) is 8.42 Å². The van der Waals surface area contributed by atoms with Crippen LogP contribution in [0.5, 0.6) is 0 Å². The third-order valence-electron chi connectivity index (χ3n) is 3.11. The molecule has 8 heteroatoms. The van der Waals surface area contributed by atoms with Gasteiger partial charge in [0.15, 0.2) is 0 Å².